The standard InChI is InChI=1S/C9H15NO3/c1-2-3-4-9(13)10-5-7(11)8(12)6-10/h2,7-8,11-12H,1,3-6H2/t7-,8+. The van der Waals surface area contributed by atoms with Crippen LogP contribution in [0.25, 0.3) is 0 Å². The summed E-state index contributed by atoms with van der Waals surface area (Å²) in [5, 5.41) is 18.4. The molecule has 0 bridgehead atoms. The monoisotopic (exact) mass is 185 g/mol. The molecule has 4 heteroatoms. The van der Waals surface area contributed by atoms with Crippen molar-refractivity contribution in [3.63, 3.8) is 0 Å². The zero-order valence-electron chi connectivity index (χ0n) is 7.52. The van der Waals surface area contributed by atoms with E-state index in [0.717, 1.165) is 0 Å². The summed E-state index contributed by atoms with van der Waals surface area (Å²) < 4.78 is 0. The highest BCUT2D eigenvalue weighted by Crippen LogP contribution is 2.11. The number of likely N-dealkylation sites (tertiary alicyclic amines) is 1. The fourth-order valence-corrected chi connectivity index (χ4v) is 1.36. The van der Waals surface area contributed by atoms with Gasteiger partial charge in [-0.3, -0.25) is 4.79 Å². The van der Waals surface area contributed by atoms with Gasteiger partial charge in [0.05, 0.1) is 12.2 Å². The molecule has 1 fully saturated rings. The van der Waals surface area contributed by atoms with E-state index in [1.807, 2.05) is 0 Å². The SMILES string of the molecule is C=CCCC(=O)N1C[C@@H](O)[C@@H](O)C1. The second-order valence-electron chi connectivity index (χ2n) is 3.26. The molecule has 0 spiro atoms. The van der Waals surface area contributed by atoms with Gasteiger partial charge in [0.1, 0.15) is 0 Å². The number of aliphatic hydroxyl groups is 2. The van der Waals surface area contributed by atoms with E-state index < -0.39 is 12.2 Å². The number of aliphatic hydroxyl groups excluding tert-OH is 2. The normalized spacial score (nSPS) is 27.7. The van der Waals surface area contributed by atoms with Crippen LogP contribution in [0.3, 0.4) is 0 Å². The Kier molecular flexibility index (Phi) is 3.45. The summed E-state index contributed by atoms with van der Waals surface area (Å²) in [4.78, 5) is 12.8. The van der Waals surface area contributed by atoms with E-state index in [9.17, 15) is 15.0 Å². The molecule has 74 valence electrons. The number of nitrogens with zero attached hydrogens (tertiary/aromatic N) is 1. The van der Waals surface area contributed by atoms with Crippen LogP contribution in [0.1, 0.15) is 12.8 Å². The maximum absolute atomic E-state index is 11.4. The molecule has 0 unspecified atom stereocenters. The molecule has 1 rings (SSSR count). The molecule has 2 N–H and O–H groups in total. The van der Waals surface area contributed by atoms with Crippen LogP contribution < -0.4 is 0 Å². The first kappa shape index (κ1) is 10.2. The van der Waals surface area contributed by atoms with Crippen LogP contribution >= 0.6 is 0 Å². The third-order valence-corrected chi connectivity index (χ3v) is 2.17. The predicted octanol–water partition coefficient (Wildman–Crippen LogP) is -0.483. The van der Waals surface area contributed by atoms with Crippen molar-refractivity contribution in [2.45, 2.75) is 25.0 Å². The number of carbonyl (C=O) groups excluding carboxylic acids is 1. The summed E-state index contributed by atoms with van der Waals surface area (Å²) in [5.41, 5.74) is 0. The highest BCUT2D eigenvalue weighted by atomic mass is 16.3. The third-order valence-electron chi connectivity index (χ3n) is 2.17. The maximum Gasteiger partial charge on any atom is 0.223 e. The molecule has 1 aliphatic rings. The predicted molar refractivity (Wildman–Crippen MR) is 48.0 cm³/mol. The molecule has 1 heterocycles. The maximum atomic E-state index is 11.4. The van der Waals surface area contributed by atoms with Gasteiger partial charge in [-0.1, -0.05) is 6.08 Å². The Bertz CT molecular complexity index is 195. The number of amides is 1. The van der Waals surface area contributed by atoms with Gasteiger partial charge < -0.3 is 15.1 Å². The zero-order chi connectivity index (χ0) is 9.84. The molecule has 1 amide bonds. The van der Waals surface area contributed by atoms with Crippen LogP contribution in [0.15, 0.2) is 12.7 Å². The molecule has 2 atom stereocenters. The van der Waals surface area contributed by atoms with E-state index in [4.69, 9.17) is 0 Å². The molecule has 0 aromatic heterocycles. The molecule has 1 saturated heterocycles. The molecule has 0 saturated carbocycles. The van der Waals surface area contributed by atoms with Gasteiger partial charge in [-0.15, -0.1) is 6.58 Å². The Balaban J connectivity index is 2.37. The summed E-state index contributed by atoms with van der Waals surface area (Å²) >= 11 is 0. The molecule has 0 aromatic carbocycles. The average molecular weight is 185 g/mol. The van der Waals surface area contributed by atoms with Gasteiger partial charge in [0.15, 0.2) is 0 Å². The van der Waals surface area contributed by atoms with E-state index in [0.29, 0.717) is 12.8 Å². The number of β-amino-alcohol motifs (C(OH)–C–C–N with tert-alkyl or cyclic N) is 2. The van der Waals surface area contributed by atoms with Crippen LogP contribution in [-0.4, -0.2) is 46.3 Å². The Morgan fingerprint density at radius 3 is 2.46 bits per heavy atom. The minimum Gasteiger partial charge on any atom is -0.388 e. The molecule has 4 nitrogen and oxygen atoms in total. The first-order valence-electron chi connectivity index (χ1n) is 4.40. The summed E-state index contributed by atoms with van der Waals surface area (Å²) in [6.07, 6.45) is 1.16. The summed E-state index contributed by atoms with van der Waals surface area (Å²) in [5.74, 6) is -0.0319. The minimum atomic E-state index is -0.785. The van der Waals surface area contributed by atoms with Crippen LogP contribution in [0, 0.1) is 0 Å². The van der Waals surface area contributed by atoms with Crippen molar-refractivity contribution in [2.75, 3.05) is 13.1 Å². The largest absolute Gasteiger partial charge is 0.388 e. The second kappa shape index (κ2) is 4.39. The molecule has 1 aliphatic heterocycles. The van der Waals surface area contributed by atoms with Crippen LogP contribution in [0.2, 0.25) is 0 Å². The number of rotatable bonds is 3. The Morgan fingerprint density at radius 2 is 2.00 bits per heavy atom. The van der Waals surface area contributed by atoms with Crippen molar-refractivity contribution < 1.29 is 15.0 Å². The van der Waals surface area contributed by atoms with Crippen LogP contribution in [0.4, 0.5) is 0 Å². The molecule has 13 heavy (non-hydrogen) atoms. The quantitative estimate of drug-likeness (QED) is 0.584. The minimum absolute atomic E-state index is 0.0319. The fraction of sp³-hybridized carbons (Fsp3) is 0.667. The van der Waals surface area contributed by atoms with Crippen molar-refractivity contribution in [3.8, 4) is 0 Å². The highest BCUT2D eigenvalue weighted by Gasteiger charge is 2.31. The Labute approximate surface area is 77.5 Å². The smallest absolute Gasteiger partial charge is 0.223 e. The van der Waals surface area contributed by atoms with Crippen molar-refractivity contribution in [1.29, 1.82) is 0 Å². The lowest BCUT2D eigenvalue weighted by atomic mass is 10.3. The van der Waals surface area contributed by atoms with Crippen molar-refractivity contribution in [1.82, 2.24) is 4.90 Å². The molecule has 0 radical (unpaired) electrons. The first-order valence-corrected chi connectivity index (χ1v) is 4.40. The lowest BCUT2D eigenvalue weighted by molar-refractivity contribution is -0.130. The first-order chi connectivity index (χ1) is 6.15. The van der Waals surface area contributed by atoms with Gasteiger partial charge in [-0.2, -0.15) is 0 Å². The van der Waals surface area contributed by atoms with Crippen molar-refractivity contribution >= 4 is 5.91 Å². The van der Waals surface area contributed by atoms with Gasteiger partial charge in [0.25, 0.3) is 0 Å². The van der Waals surface area contributed by atoms with Gasteiger partial charge in [-0.25, -0.2) is 0 Å². The highest BCUT2D eigenvalue weighted by molar-refractivity contribution is 5.76. The number of carbonyl (C=O) groups is 1. The van der Waals surface area contributed by atoms with E-state index in [-0.39, 0.29) is 19.0 Å². The molecular formula is C9H15NO3. The van der Waals surface area contributed by atoms with Crippen molar-refractivity contribution in [2.24, 2.45) is 0 Å². The Morgan fingerprint density at radius 1 is 1.46 bits per heavy atom. The van der Waals surface area contributed by atoms with Crippen LogP contribution in [-0.2, 0) is 4.79 Å². The average Bonchev–Trinajstić information content (AvgIpc) is 2.43. The number of hydrogen-bond donors (Lipinski definition) is 2. The summed E-state index contributed by atoms with van der Waals surface area (Å²) in [6, 6.07) is 0. The number of allylic oxidation sites excluding steroid dienone is 1. The molecule has 0 aromatic rings. The van der Waals surface area contributed by atoms with E-state index >= 15 is 0 Å². The number of hydrogen-bond acceptors (Lipinski definition) is 3. The molecule has 0 aliphatic carbocycles. The van der Waals surface area contributed by atoms with Crippen molar-refractivity contribution in [3.05, 3.63) is 12.7 Å². The van der Waals surface area contributed by atoms with E-state index in [1.165, 1.54) is 4.90 Å². The van der Waals surface area contributed by atoms with Gasteiger partial charge in [-0.05, 0) is 6.42 Å². The zero-order valence-corrected chi connectivity index (χ0v) is 7.52. The topological polar surface area (TPSA) is 60.8 Å². The van der Waals surface area contributed by atoms with Gasteiger partial charge >= 0.3 is 0 Å². The van der Waals surface area contributed by atoms with Gasteiger partial charge in [0, 0.05) is 19.5 Å². The lowest BCUT2D eigenvalue weighted by Gasteiger charge is -2.14. The van der Waals surface area contributed by atoms with E-state index in [1.54, 1.807) is 6.08 Å². The summed E-state index contributed by atoms with van der Waals surface area (Å²) in [6.45, 7) is 4.01. The second-order valence-corrected chi connectivity index (χ2v) is 3.26. The fourth-order valence-electron chi connectivity index (χ4n) is 1.36. The summed E-state index contributed by atoms with van der Waals surface area (Å²) in [7, 11) is 0. The third kappa shape index (κ3) is 2.54. The van der Waals surface area contributed by atoms with Crippen LogP contribution in [0.5, 0.6) is 0 Å². The Hall–Kier alpha value is -0.870. The lowest BCUT2D eigenvalue weighted by Crippen LogP contribution is -2.29. The van der Waals surface area contributed by atoms with E-state index in [2.05, 4.69) is 6.58 Å². The molecular weight excluding hydrogens is 170 g/mol. The van der Waals surface area contributed by atoms with Gasteiger partial charge in [0.2, 0.25) is 5.91 Å².